The molecule has 0 saturated heterocycles. The van der Waals surface area contributed by atoms with Crippen LogP contribution < -0.4 is 18.9 Å². The van der Waals surface area contributed by atoms with Crippen molar-refractivity contribution < 1.29 is 40.9 Å². The number of aromatic nitrogens is 4. The van der Waals surface area contributed by atoms with E-state index in [1.165, 1.54) is 35.5 Å². The van der Waals surface area contributed by atoms with E-state index in [0.717, 1.165) is 10.5 Å². The Morgan fingerprint density at radius 3 is 1.74 bits per heavy atom. The molecule has 0 radical (unpaired) electrons. The highest BCUT2D eigenvalue weighted by molar-refractivity contribution is 14.1. The fraction of sp³-hybridized carbons (Fsp3) is 0.333. The Hall–Kier alpha value is -4.83. The smallest absolute Gasteiger partial charge is 0.408 e. The molecule has 0 fully saturated rings. The first-order valence-electron chi connectivity index (χ1n) is 17.9. The Labute approximate surface area is 352 Å². The van der Waals surface area contributed by atoms with E-state index in [2.05, 4.69) is 20.1 Å². The second kappa shape index (κ2) is 18.4. The van der Waals surface area contributed by atoms with Crippen molar-refractivity contribution in [2.24, 2.45) is 0 Å². The van der Waals surface area contributed by atoms with Crippen LogP contribution in [-0.2, 0) is 39.7 Å². The van der Waals surface area contributed by atoms with Gasteiger partial charge in [0.2, 0.25) is 25.9 Å². The van der Waals surface area contributed by atoms with Crippen molar-refractivity contribution in [1.82, 2.24) is 34.1 Å². The summed E-state index contributed by atoms with van der Waals surface area (Å²) in [5, 5.41) is 23.0. The number of carbonyl (C=O) groups is 1. The highest BCUT2D eigenvalue weighted by atomic mass is 127. The second-order valence-electron chi connectivity index (χ2n) is 14.2. The van der Waals surface area contributed by atoms with E-state index in [-0.39, 0.29) is 37.6 Å². The Morgan fingerprint density at radius 1 is 0.810 bits per heavy atom. The molecule has 58 heavy (non-hydrogen) atoms. The number of methoxy groups -OCH3 is 3. The molecule has 0 aliphatic rings. The molecule has 1 aromatic heterocycles. The van der Waals surface area contributed by atoms with E-state index in [4.69, 9.17) is 14.2 Å². The molecule has 4 aromatic carbocycles. The first-order valence-corrected chi connectivity index (χ1v) is 21.9. The maximum absolute atomic E-state index is 15.4. The zero-order chi connectivity index (χ0) is 42.4. The van der Waals surface area contributed by atoms with Gasteiger partial charge < -0.3 is 19.3 Å². The molecule has 1 heterocycles. The number of nitrogens with zero attached hydrogens (tertiary/aromatic N) is 6. The van der Waals surface area contributed by atoms with Crippen LogP contribution in [0.4, 0.5) is 4.79 Å². The summed E-state index contributed by atoms with van der Waals surface area (Å²) >= 11 is 1.93. The van der Waals surface area contributed by atoms with Gasteiger partial charge in [0.1, 0.15) is 27.0 Å². The van der Waals surface area contributed by atoms with E-state index in [9.17, 15) is 18.3 Å². The lowest BCUT2D eigenvalue weighted by atomic mass is 10.0. The summed E-state index contributed by atoms with van der Waals surface area (Å²) in [7, 11) is -4.85. The van der Waals surface area contributed by atoms with Crippen LogP contribution in [0, 0.1) is 3.57 Å². The van der Waals surface area contributed by atoms with Gasteiger partial charge in [-0.15, -0.1) is 10.2 Å². The fourth-order valence-corrected chi connectivity index (χ4v) is 10.7. The van der Waals surface area contributed by atoms with Crippen molar-refractivity contribution in [2.75, 3.05) is 27.9 Å². The number of benzene rings is 4. The van der Waals surface area contributed by atoms with Gasteiger partial charge >= 0.3 is 6.09 Å². The van der Waals surface area contributed by atoms with Crippen LogP contribution in [0.3, 0.4) is 0 Å². The predicted octanol–water partition coefficient (Wildman–Crippen LogP) is 5.86. The van der Waals surface area contributed by atoms with Gasteiger partial charge in [0.25, 0.3) is 0 Å². The number of hydrogen-bond donors (Lipinski definition) is 2. The Bertz CT molecular complexity index is 2370. The minimum absolute atomic E-state index is 0.0752. The third-order valence-electron chi connectivity index (χ3n) is 9.09. The van der Waals surface area contributed by atoms with E-state index in [0.29, 0.717) is 31.9 Å². The summed E-state index contributed by atoms with van der Waals surface area (Å²) in [5.41, 5.74) is 1.06. The Morgan fingerprint density at radius 2 is 1.29 bits per heavy atom. The molecule has 0 saturated carbocycles. The number of rotatable bonds is 17. The van der Waals surface area contributed by atoms with E-state index in [1.54, 1.807) is 95.5 Å². The van der Waals surface area contributed by atoms with Gasteiger partial charge in [-0.05, 0) is 121 Å². The molecule has 0 spiro atoms. The number of nitrogens with one attached hydrogen (secondary N) is 1. The lowest BCUT2D eigenvalue weighted by Crippen LogP contribution is -2.53. The molecular weight excluding hydrogens is 902 g/mol. The normalized spacial score (nSPS) is 12.6. The standard InChI is InChI=1S/C39H46IN7O9S2/c1-26(47(38(48)49)39(2,3)4)22-41-57(50,51)34-21-20-33(40)35(37-42-44-46(43-37)25-29-12-18-32(56-7)19-13-29)36(34)58(52,53)45(23-27-8-14-30(54-5)15-9-27)24-28-10-16-31(55-6)17-11-28/h8-21,26,41H,22-25H2,1-7H3,(H,48,49)/t26-/m0/s1. The minimum Gasteiger partial charge on any atom is -0.497 e. The van der Waals surface area contributed by atoms with Crippen molar-refractivity contribution in [3.8, 4) is 28.6 Å². The lowest BCUT2D eigenvalue weighted by Gasteiger charge is -2.38. The molecule has 0 aliphatic carbocycles. The van der Waals surface area contributed by atoms with Gasteiger partial charge in [0.05, 0.1) is 33.4 Å². The molecule has 0 bridgehead atoms. The minimum atomic E-state index is -4.78. The topological polar surface area (TPSA) is 195 Å². The lowest BCUT2D eigenvalue weighted by molar-refractivity contribution is 0.0767. The van der Waals surface area contributed by atoms with Gasteiger partial charge in [-0.3, -0.25) is 4.90 Å². The summed E-state index contributed by atoms with van der Waals surface area (Å²) in [6.07, 6.45) is -1.24. The number of tetrazole rings is 1. The largest absolute Gasteiger partial charge is 0.497 e. The maximum atomic E-state index is 15.4. The fourth-order valence-electron chi connectivity index (χ4n) is 6.28. The molecule has 16 nitrogen and oxygen atoms in total. The highest BCUT2D eigenvalue weighted by Gasteiger charge is 2.38. The SMILES string of the molecule is COc1ccc(CN(Cc2ccc(OC)cc2)S(=O)(=O)c2c(S(=O)(=O)NC[C@H](C)N(C(=O)O)C(C)(C)C)ccc(I)c2-c2nnn(Cc3ccc(OC)cc3)n2)cc1. The average molecular weight is 948 g/mol. The molecule has 0 aliphatic heterocycles. The van der Waals surface area contributed by atoms with Gasteiger partial charge in [-0.25, -0.2) is 26.4 Å². The van der Waals surface area contributed by atoms with Crippen molar-refractivity contribution in [2.45, 2.75) is 68.7 Å². The van der Waals surface area contributed by atoms with Crippen LogP contribution in [0.1, 0.15) is 44.4 Å². The molecule has 310 valence electrons. The van der Waals surface area contributed by atoms with Crippen molar-refractivity contribution in [3.63, 3.8) is 0 Å². The predicted molar refractivity (Wildman–Crippen MR) is 225 cm³/mol. The molecule has 5 aromatic rings. The summed E-state index contributed by atoms with van der Waals surface area (Å²) in [4.78, 5) is 13.5. The number of ether oxygens (including phenoxy) is 3. The highest BCUT2D eigenvalue weighted by Crippen LogP contribution is 2.38. The van der Waals surface area contributed by atoms with Crippen LogP contribution >= 0.6 is 22.6 Å². The zero-order valence-corrected chi connectivity index (χ0v) is 36.9. The molecule has 5 rings (SSSR count). The maximum Gasteiger partial charge on any atom is 0.408 e. The van der Waals surface area contributed by atoms with Crippen LogP contribution in [0.25, 0.3) is 11.4 Å². The number of halogens is 1. The number of sulfonamides is 2. The van der Waals surface area contributed by atoms with Gasteiger partial charge in [0, 0.05) is 34.8 Å². The molecular formula is C39H46IN7O9S2. The molecule has 1 amide bonds. The Kier molecular flexibility index (Phi) is 14.0. The average Bonchev–Trinajstić information content (AvgIpc) is 3.64. The van der Waals surface area contributed by atoms with Gasteiger partial charge in [-0.1, -0.05) is 36.4 Å². The summed E-state index contributed by atoms with van der Waals surface area (Å²) in [5.74, 6) is 1.67. The quantitative estimate of drug-likeness (QED) is 0.106. The van der Waals surface area contributed by atoms with E-state index >= 15 is 8.42 Å². The summed E-state index contributed by atoms with van der Waals surface area (Å²) < 4.78 is 79.7. The van der Waals surface area contributed by atoms with Crippen LogP contribution in [0.5, 0.6) is 17.2 Å². The first-order chi connectivity index (χ1) is 27.4. The molecule has 0 unspecified atom stereocenters. The number of amides is 1. The van der Waals surface area contributed by atoms with Crippen molar-refractivity contribution in [3.05, 3.63) is 105 Å². The molecule has 19 heteroatoms. The molecule has 2 N–H and O–H groups in total. The third kappa shape index (κ3) is 10.4. The van der Waals surface area contributed by atoms with E-state index < -0.39 is 47.5 Å². The van der Waals surface area contributed by atoms with Crippen molar-refractivity contribution >= 4 is 48.7 Å². The summed E-state index contributed by atoms with van der Waals surface area (Å²) in [6.45, 7) is 6.13. The van der Waals surface area contributed by atoms with Crippen LogP contribution in [0.15, 0.2) is 94.7 Å². The van der Waals surface area contributed by atoms with Crippen LogP contribution in [0.2, 0.25) is 0 Å². The number of carboxylic acid groups (broad SMARTS) is 1. The molecule has 1 atom stereocenters. The monoisotopic (exact) mass is 947 g/mol. The second-order valence-corrected chi connectivity index (χ2v) is 19.0. The summed E-state index contributed by atoms with van der Waals surface area (Å²) in [6, 6.07) is 22.7. The first kappa shape index (κ1) is 44.3. The third-order valence-corrected chi connectivity index (χ3v) is 13.5. The van der Waals surface area contributed by atoms with Crippen molar-refractivity contribution in [1.29, 1.82) is 0 Å². The van der Waals surface area contributed by atoms with Gasteiger partial charge in [-0.2, -0.15) is 9.10 Å². The zero-order valence-electron chi connectivity index (χ0n) is 33.1. The van der Waals surface area contributed by atoms with Gasteiger partial charge in [0.15, 0.2) is 0 Å². The Balaban J connectivity index is 1.68. The number of hydrogen-bond acceptors (Lipinski definition) is 11. The van der Waals surface area contributed by atoms with Crippen LogP contribution in [-0.4, -0.2) is 96.9 Å². The van der Waals surface area contributed by atoms with E-state index in [1.807, 2.05) is 34.7 Å².